The zero-order chi connectivity index (χ0) is 15.9. The van der Waals surface area contributed by atoms with Crippen LogP contribution in [0.4, 0.5) is 5.69 Å². The molecule has 2 aliphatic rings. The third-order valence-electron chi connectivity index (χ3n) is 4.04. The molecule has 0 atom stereocenters. The Bertz CT molecular complexity index is 549. The normalized spacial score (nSPS) is 16.8. The molecule has 0 bridgehead atoms. The Hall–Kier alpha value is -2.04. The maximum absolute atomic E-state index is 10.7. The van der Waals surface area contributed by atoms with Crippen molar-refractivity contribution in [3.05, 3.63) is 34.2 Å². The van der Waals surface area contributed by atoms with Crippen LogP contribution in [0.15, 0.2) is 28.6 Å². The van der Waals surface area contributed by atoms with Gasteiger partial charge in [0.1, 0.15) is 6.29 Å². The van der Waals surface area contributed by atoms with Gasteiger partial charge in [-0.3, -0.25) is 4.79 Å². The Morgan fingerprint density at radius 1 is 1.27 bits per heavy atom. The van der Waals surface area contributed by atoms with Crippen LogP contribution in [0.2, 0.25) is 0 Å². The number of hydrogen-bond acceptors (Lipinski definition) is 4. The molecule has 0 radical (unpaired) electrons. The Kier molecular flexibility index (Phi) is 5.81. The zero-order valence-electron chi connectivity index (χ0n) is 13.2. The SMILES string of the molecule is CCc1cc(C=O)ccc1N(C)C1CC1.O=N/N=C/C1CC1. The summed E-state index contributed by atoms with van der Waals surface area (Å²) in [5, 5.41) is 5.51. The number of benzene rings is 1. The first-order valence-corrected chi connectivity index (χ1v) is 7.86. The smallest absolute Gasteiger partial charge is 0.150 e. The average Bonchev–Trinajstić information content (AvgIpc) is 3.44. The van der Waals surface area contributed by atoms with Crippen molar-refractivity contribution in [1.82, 2.24) is 0 Å². The highest BCUT2D eigenvalue weighted by Gasteiger charge is 2.27. The number of nitrogens with zero attached hydrogens (tertiary/aromatic N) is 3. The quantitative estimate of drug-likeness (QED) is 0.347. The van der Waals surface area contributed by atoms with Crippen molar-refractivity contribution in [3.63, 3.8) is 0 Å². The number of hydrogen-bond donors (Lipinski definition) is 0. The van der Waals surface area contributed by atoms with Crippen LogP contribution < -0.4 is 4.90 Å². The molecule has 2 saturated carbocycles. The number of carbonyl (C=O) groups excluding carboxylic acids is 1. The van der Waals surface area contributed by atoms with Gasteiger partial charge in [0, 0.05) is 30.6 Å². The highest BCUT2D eigenvalue weighted by atomic mass is 16.3. The number of aldehydes is 1. The third-order valence-corrected chi connectivity index (χ3v) is 4.04. The van der Waals surface area contributed by atoms with Gasteiger partial charge in [0.05, 0.1) is 5.29 Å². The lowest BCUT2D eigenvalue weighted by atomic mass is 10.1. The highest BCUT2D eigenvalue weighted by Crippen LogP contribution is 2.32. The molecule has 5 nitrogen and oxygen atoms in total. The van der Waals surface area contributed by atoms with Gasteiger partial charge in [0.2, 0.25) is 0 Å². The molecule has 118 valence electrons. The van der Waals surface area contributed by atoms with Crippen LogP contribution in [-0.4, -0.2) is 25.6 Å². The van der Waals surface area contributed by atoms with Gasteiger partial charge in [-0.05, 0) is 61.8 Å². The molecule has 3 rings (SSSR count). The van der Waals surface area contributed by atoms with E-state index in [0.717, 1.165) is 24.3 Å². The van der Waals surface area contributed by atoms with Gasteiger partial charge in [-0.15, -0.1) is 10.0 Å². The Balaban J connectivity index is 0.000000211. The summed E-state index contributed by atoms with van der Waals surface area (Å²) in [7, 11) is 2.15. The van der Waals surface area contributed by atoms with E-state index in [1.54, 1.807) is 6.21 Å². The second kappa shape index (κ2) is 7.82. The number of anilines is 1. The van der Waals surface area contributed by atoms with Crippen LogP contribution in [0.3, 0.4) is 0 Å². The van der Waals surface area contributed by atoms with Crippen molar-refractivity contribution in [2.45, 2.75) is 45.1 Å². The fourth-order valence-electron chi connectivity index (χ4n) is 2.33. The summed E-state index contributed by atoms with van der Waals surface area (Å²) in [5.74, 6) is 0.567. The molecule has 0 unspecified atom stereocenters. The number of rotatable bonds is 6. The molecule has 0 spiro atoms. The van der Waals surface area contributed by atoms with Crippen molar-refractivity contribution in [1.29, 1.82) is 0 Å². The third kappa shape index (κ3) is 4.76. The van der Waals surface area contributed by atoms with E-state index in [4.69, 9.17) is 0 Å². The maximum atomic E-state index is 10.7. The summed E-state index contributed by atoms with van der Waals surface area (Å²) < 4.78 is 0. The fourth-order valence-corrected chi connectivity index (χ4v) is 2.33. The number of nitroso groups, excluding NO2 is 1. The zero-order valence-corrected chi connectivity index (χ0v) is 13.2. The first kappa shape index (κ1) is 16.3. The van der Waals surface area contributed by atoms with Crippen LogP contribution in [0.5, 0.6) is 0 Å². The molecule has 1 aromatic carbocycles. The van der Waals surface area contributed by atoms with Crippen LogP contribution in [-0.2, 0) is 6.42 Å². The van der Waals surface area contributed by atoms with Crippen molar-refractivity contribution in [2.24, 2.45) is 16.3 Å². The van der Waals surface area contributed by atoms with E-state index in [1.807, 2.05) is 12.1 Å². The minimum atomic E-state index is 0.567. The Labute approximate surface area is 131 Å². The van der Waals surface area contributed by atoms with Crippen LogP contribution in [0, 0.1) is 10.8 Å². The molecule has 0 aliphatic heterocycles. The van der Waals surface area contributed by atoms with Gasteiger partial charge in [-0.1, -0.05) is 6.92 Å². The van der Waals surface area contributed by atoms with E-state index < -0.39 is 0 Å². The van der Waals surface area contributed by atoms with E-state index in [2.05, 4.69) is 35.3 Å². The van der Waals surface area contributed by atoms with E-state index in [9.17, 15) is 9.70 Å². The lowest BCUT2D eigenvalue weighted by Gasteiger charge is -2.22. The predicted octanol–water partition coefficient (Wildman–Crippen LogP) is 3.81. The summed E-state index contributed by atoms with van der Waals surface area (Å²) in [6.07, 6.45) is 8.46. The molecular formula is C17H23N3O2. The Morgan fingerprint density at radius 3 is 2.50 bits per heavy atom. The van der Waals surface area contributed by atoms with E-state index in [1.165, 1.54) is 36.9 Å². The van der Waals surface area contributed by atoms with Crippen molar-refractivity contribution < 1.29 is 4.79 Å². The lowest BCUT2D eigenvalue weighted by molar-refractivity contribution is 0.112. The van der Waals surface area contributed by atoms with Gasteiger partial charge in [-0.25, -0.2) is 0 Å². The van der Waals surface area contributed by atoms with Gasteiger partial charge in [-0.2, -0.15) is 0 Å². The van der Waals surface area contributed by atoms with Crippen LogP contribution in [0.25, 0.3) is 0 Å². The maximum Gasteiger partial charge on any atom is 0.150 e. The van der Waals surface area contributed by atoms with Crippen LogP contribution >= 0.6 is 0 Å². The second-order valence-corrected chi connectivity index (χ2v) is 5.89. The summed E-state index contributed by atoms with van der Waals surface area (Å²) in [5.41, 5.74) is 3.33. The summed E-state index contributed by atoms with van der Waals surface area (Å²) in [6.45, 7) is 2.13. The first-order valence-electron chi connectivity index (χ1n) is 7.86. The molecule has 0 heterocycles. The standard InChI is InChI=1S/C13H17NO.C4H6N2O/c1-3-11-8-10(9-15)4-7-13(11)14(2)12-5-6-12;7-6-5-3-4-1-2-4/h4,7-9,12H,3,5-6H2,1-2H3;3-4H,1-2H2/b;5-3+. The molecule has 2 fully saturated rings. The molecular weight excluding hydrogens is 278 g/mol. The molecule has 1 aromatic rings. The predicted molar refractivity (Wildman–Crippen MR) is 89.6 cm³/mol. The molecule has 0 amide bonds. The molecule has 2 aliphatic carbocycles. The van der Waals surface area contributed by atoms with E-state index in [-0.39, 0.29) is 0 Å². The lowest BCUT2D eigenvalue weighted by Crippen LogP contribution is -2.20. The van der Waals surface area contributed by atoms with Crippen LogP contribution in [0.1, 0.15) is 48.5 Å². The Morgan fingerprint density at radius 2 is 2.00 bits per heavy atom. The monoisotopic (exact) mass is 301 g/mol. The van der Waals surface area contributed by atoms with Crippen molar-refractivity contribution >= 4 is 18.2 Å². The van der Waals surface area contributed by atoms with Crippen molar-refractivity contribution in [3.8, 4) is 0 Å². The topological polar surface area (TPSA) is 62.1 Å². The molecule has 0 N–H and O–H groups in total. The molecule has 0 aromatic heterocycles. The largest absolute Gasteiger partial charge is 0.371 e. The summed E-state index contributed by atoms with van der Waals surface area (Å²) in [6, 6.07) is 6.69. The minimum Gasteiger partial charge on any atom is -0.371 e. The minimum absolute atomic E-state index is 0.567. The van der Waals surface area contributed by atoms with Gasteiger partial charge < -0.3 is 4.90 Å². The first-order chi connectivity index (χ1) is 10.7. The number of carbonyl (C=O) groups is 1. The van der Waals surface area contributed by atoms with Gasteiger partial charge >= 0.3 is 0 Å². The molecule has 22 heavy (non-hydrogen) atoms. The number of aryl methyl sites for hydroxylation is 1. The summed E-state index contributed by atoms with van der Waals surface area (Å²) >= 11 is 0. The highest BCUT2D eigenvalue weighted by molar-refractivity contribution is 5.77. The average molecular weight is 301 g/mol. The molecule has 5 heteroatoms. The van der Waals surface area contributed by atoms with E-state index >= 15 is 0 Å². The molecule has 0 saturated heterocycles. The van der Waals surface area contributed by atoms with Crippen molar-refractivity contribution in [2.75, 3.05) is 11.9 Å². The van der Waals surface area contributed by atoms with E-state index in [0.29, 0.717) is 5.92 Å². The van der Waals surface area contributed by atoms with Gasteiger partial charge in [0.25, 0.3) is 0 Å². The second-order valence-electron chi connectivity index (χ2n) is 5.89. The van der Waals surface area contributed by atoms with Gasteiger partial charge in [0.15, 0.2) is 0 Å². The summed E-state index contributed by atoms with van der Waals surface area (Å²) in [4.78, 5) is 22.3. The fraction of sp³-hybridized carbons (Fsp3) is 0.529.